The van der Waals surface area contributed by atoms with Crippen molar-refractivity contribution < 1.29 is 14.3 Å². The number of amides is 1. The zero-order valence-electron chi connectivity index (χ0n) is 13.1. The summed E-state index contributed by atoms with van der Waals surface area (Å²) in [7, 11) is 1.63. The molecule has 1 aliphatic rings. The number of hydrogen-bond acceptors (Lipinski definition) is 4. The molecule has 1 amide bonds. The molecule has 1 atom stereocenters. The van der Waals surface area contributed by atoms with Crippen molar-refractivity contribution in [1.29, 1.82) is 0 Å². The average Bonchev–Trinajstić information content (AvgIpc) is 2.97. The number of benzene rings is 1. The lowest BCUT2D eigenvalue weighted by atomic mass is 10.2. The van der Waals surface area contributed by atoms with E-state index in [4.69, 9.17) is 15.2 Å². The smallest absolute Gasteiger partial charge is 0.236 e. The van der Waals surface area contributed by atoms with E-state index in [-0.39, 0.29) is 24.4 Å². The van der Waals surface area contributed by atoms with Gasteiger partial charge >= 0.3 is 0 Å². The zero-order valence-corrected chi connectivity index (χ0v) is 13.9. The fraction of sp³-hybridized carbons (Fsp3) is 0.562. The largest absolute Gasteiger partial charge is 0.493 e. The Kier molecular flexibility index (Phi) is 7.48. The highest BCUT2D eigenvalue weighted by Gasteiger charge is 2.18. The summed E-state index contributed by atoms with van der Waals surface area (Å²) in [6.45, 7) is 2.10. The Balaban J connectivity index is 0.00000242. The van der Waals surface area contributed by atoms with Gasteiger partial charge in [0.2, 0.25) is 5.91 Å². The van der Waals surface area contributed by atoms with Crippen LogP contribution in [0.1, 0.15) is 38.2 Å². The van der Waals surface area contributed by atoms with E-state index in [1.807, 2.05) is 18.2 Å². The van der Waals surface area contributed by atoms with E-state index in [1.54, 1.807) is 14.0 Å². The molecule has 6 heteroatoms. The van der Waals surface area contributed by atoms with E-state index >= 15 is 0 Å². The molecule has 22 heavy (non-hydrogen) atoms. The number of methoxy groups -OCH3 is 1. The number of rotatable bonds is 6. The van der Waals surface area contributed by atoms with E-state index < -0.39 is 6.04 Å². The minimum atomic E-state index is -0.502. The second-order valence-electron chi connectivity index (χ2n) is 5.52. The molecule has 124 valence electrons. The van der Waals surface area contributed by atoms with Gasteiger partial charge in [-0.05, 0) is 50.3 Å². The minimum Gasteiger partial charge on any atom is -0.493 e. The highest BCUT2D eigenvalue weighted by Crippen LogP contribution is 2.32. The fourth-order valence-electron chi connectivity index (χ4n) is 2.46. The van der Waals surface area contributed by atoms with Gasteiger partial charge in [0.25, 0.3) is 0 Å². The lowest BCUT2D eigenvalue weighted by Gasteiger charge is -2.17. The maximum Gasteiger partial charge on any atom is 0.236 e. The normalized spacial score (nSPS) is 15.8. The predicted octanol–water partition coefficient (Wildman–Crippen LogP) is 2.40. The van der Waals surface area contributed by atoms with Crippen LogP contribution in [0.3, 0.4) is 0 Å². The average molecular weight is 329 g/mol. The van der Waals surface area contributed by atoms with Crippen LogP contribution in [0.15, 0.2) is 18.2 Å². The van der Waals surface area contributed by atoms with Gasteiger partial charge in [-0.25, -0.2) is 0 Å². The molecule has 0 unspecified atom stereocenters. The van der Waals surface area contributed by atoms with E-state index in [2.05, 4.69) is 5.32 Å². The molecule has 0 radical (unpaired) electrons. The zero-order chi connectivity index (χ0) is 15.2. The molecule has 1 aromatic rings. The molecular weight excluding hydrogens is 304 g/mol. The molecule has 0 spiro atoms. The number of ether oxygens (including phenoxy) is 2. The van der Waals surface area contributed by atoms with Gasteiger partial charge in [0.05, 0.1) is 19.3 Å². The number of halogens is 1. The third-order valence-corrected chi connectivity index (χ3v) is 3.70. The summed E-state index contributed by atoms with van der Waals surface area (Å²) in [5.74, 6) is 1.31. The van der Waals surface area contributed by atoms with Crippen molar-refractivity contribution in [3.05, 3.63) is 23.8 Å². The summed E-state index contributed by atoms with van der Waals surface area (Å²) in [6.07, 6.45) is 4.89. The Morgan fingerprint density at radius 3 is 2.64 bits per heavy atom. The highest BCUT2D eigenvalue weighted by molar-refractivity contribution is 5.85. The molecular formula is C16H25ClN2O3. The van der Waals surface area contributed by atoms with Crippen LogP contribution in [-0.2, 0) is 11.3 Å². The second kappa shape index (κ2) is 8.86. The molecule has 1 fully saturated rings. The van der Waals surface area contributed by atoms with Gasteiger partial charge in [0.15, 0.2) is 11.5 Å². The summed E-state index contributed by atoms with van der Waals surface area (Å²) in [5.41, 5.74) is 6.50. The van der Waals surface area contributed by atoms with E-state index in [0.29, 0.717) is 6.54 Å². The Morgan fingerprint density at radius 1 is 1.36 bits per heavy atom. The van der Waals surface area contributed by atoms with Crippen LogP contribution in [0.5, 0.6) is 11.5 Å². The molecule has 1 aromatic carbocycles. The number of hydrogen-bond donors (Lipinski definition) is 2. The molecule has 0 bridgehead atoms. The first kappa shape index (κ1) is 18.6. The van der Waals surface area contributed by atoms with Crippen LogP contribution in [0.25, 0.3) is 0 Å². The Hall–Kier alpha value is -1.46. The quantitative estimate of drug-likeness (QED) is 0.841. The SMILES string of the molecule is COc1ccc(CNC(=O)[C@H](C)N)cc1OC1CCCC1.Cl. The third-order valence-electron chi connectivity index (χ3n) is 3.70. The number of carbonyl (C=O) groups excluding carboxylic acids is 1. The predicted molar refractivity (Wildman–Crippen MR) is 88.6 cm³/mol. The molecule has 0 saturated heterocycles. The summed E-state index contributed by atoms with van der Waals surface area (Å²) < 4.78 is 11.4. The Morgan fingerprint density at radius 2 is 2.05 bits per heavy atom. The summed E-state index contributed by atoms with van der Waals surface area (Å²) in [6, 6.07) is 5.22. The van der Waals surface area contributed by atoms with Crippen molar-refractivity contribution in [2.24, 2.45) is 5.73 Å². The molecule has 2 rings (SSSR count). The van der Waals surface area contributed by atoms with E-state index in [9.17, 15) is 4.79 Å². The van der Waals surface area contributed by atoms with Gasteiger partial charge in [-0.15, -0.1) is 12.4 Å². The lowest BCUT2D eigenvalue weighted by molar-refractivity contribution is -0.122. The van der Waals surface area contributed by atoms with Gasteiger partial charge in [-0.1, -0.05) is 6.07 Å². The Bertz CT molecular complexity index is 488. The van der Waals surface area contributed by atoms with Crippen molar-refractivity contribution in [1.82, 2.24) is 5.32 Å². The van der Waals surface area contributed by atoms with Crippen LogP contribution in [0, 0.1) is 0 Å². The van der Waals surface area contributed by atoms with Crippen LogP contribution < -0.4 is 20.5 Å². The maximum absolute atomic E-state index is 11.5. The standard InChI is InChI=1S/C16H24N2O3.ClH/c1-11(17)16(19)18-10-12-7-8-14(20-2)15(9-12)21-13-5-3-4-6-13;/h7-9,11,13H,3-6,10,17H2,1-2H3,(H,18,19);1H/t11-;/m0./s1. The lowest BCUT2D eigenvalue weighted by Crippen LogP contribution is -2.37. The van der Waals surface area contributed by atoms with Gasteiger partial charge in [-0.3, -0.25) is 4.79 Å². The molecule has 1 saturated carbocycles. The summed E-state index contributed by atoms with van der Waals surface area (Å²) in [5, 5.41) is 2.80. The van der Waals surface area contributed by atoms with Crippen molar-refractivity contribution in [2.45, 2.75) is 51.3 Å². The van der Waals surface area contributed by atoms with Crippen molar-refractivity contribution in [3.8, 4) is 11.5 Å². The van der Waals surface area contributed by atoms with Gasteiger partial charge in [0, 0.05) is 6.54 Å². The maximum atomic E-state index is 11.5. The first-order valence-electron chi connectivity index (χ1n) is 7.47. The Labute approximate surface area is 138 Å². The van der Waals surface area contributed by atoms with Crippen molar-refractivity contribution in [3.63, 3.8) is 0 Å². The van der Waals surface area contributed by atoms with Gasteiger partial charge in [-0.2, -0.15) is 0 Å². The topological polar surface area (TPSA) is 73.6 Å². The first-order chi connectivity index (χ1) is 10.1. The third kappa shape index (κ3) is 5.07. The number of nitrogens with two attached hydrogens (primary N) is 1. The molecule has 0 aromatic heterocycles. The molecule has 3 N–H and O–H groups in total. The molecule has 0 aliphatic heterocycles. The van der Waals surface area contributed by atoms with Crippen molar-refractivity contribution >= 4 is 18.3 Å². The number of nitrogens with one attached hydrogen (secondary N) is 1. The summed E-state index contributed by atoms with van der Waals surface area (Å²) >= 11 is 0. The molecule has 5 nitrogen and oxygen atoms in total. The number of carbonyl (C=O) groups is 1. The summed E-state index contributed by atoms with van der Waals surface area (Å²) in [4.78, 5) is 11.5. The minimum absolute atomic E-state index is 0. The van der Waals surface area contributed by atoms with Crippen LogP contribution >= 0.6 is 12.4 Å². The van der Waals surface area contributed by atoms with Crippen LogP contribution in [-0.4, -0.2) is 25.2 Å². The van der Waals surface area contributed by atoms with Gasteiger partial charge in [0.1, 0.15) is 0 Å². The van der Waals surface area contributed by atoms with Crippen molar-refractivity contribution in [2.75, 3.05) is 7.11 Å². The molecule has 0 heterocycles. The van der Waals surface area contributed by atoms with Gasteiger partial charge < -0.3 is 20.5 Å². The molecule has 1 aliphatic carbocycles. The second-order valence-corrected chi connectivity index (χ2v) is 5.52. The van der Waals surface area contributed by atoms with E-state index in [0.717, 1.165) is 29.9 Å². The first-order valence-corrected chi connectivity index (χ1v) is 7.47. The fourth-order valence-corrected chi connectivity index (χ4v) is 2.46. The highest BCUT2D eigenvalue weighted by atomic mass is 35.5. The van der Waals surface area contributed by atoms with Crippen LogP contribution in [0.4, 0.5) is 0 Å². The van der Waals surface area contributed by atoms with Crippen LogP contribution in [0.2, 0.25) is 0 Å². The monoisotopic (exact) mass is 328 g/mol. The van der Waals surface area contributed by atoms with E-state index in [1.165, 1.54) is 12.8 Å².